The van der Waals surface area contributed by atoms with Crippen molar-refractivity contribution in [3.05, 3.63) is 34.0 Å². The van der Waals surface area contributed by atoms with Gasteiger partial charge in [0.2, 0.25) is 0 Å². The SMILES string of the molecule is CCc1c(Cl)ncnc1-n1cc(Cl)c(C)n1. The van der Waals surface area contributed by atoms with Crippen LogP contribution < -0.4 is 0 Å². The molecule has 0 radical (unpaired) electrons. The molecule has 0 atom stereocenters. The van der Waals surface area contributed by atoms with Crippen LogP contribution in [0.15, 0.2) is 12.5 Å². The van der Waals surface area contributed by atoms with Gasteiger partial charge in [0.05, 0.1) is 16.9 Å². The monoisotopic (exact) mass is 256 g/mol. The van der Waals surface area contributed by atoms with E-state index < -0.39 is 0 Å². The van der Waals surface area contributed by atoms with Crippen LogP contribution in [0.1, 0.15) is 18.2 Å². The van der Waals surface area contributed by atoms with E-state index in [-0.39, 0.29) is 0 Å². The Balaban J connectivity index is 2.59. The Labute approximate surface area is 103 Å². The van der Waals surface area contributed by atoms with E-state index in [2.05, 4.69) is 15.1 Å². The first kappa shape index (κ1) is 11.4. The smallest absolute Gasteiger partial charge is 0.161 e. The van der Waals surface area contributed by atoms with Crippen LogP contribution in [0.3, 0.4) is 0 Å². The Morgan fingerprint density at radius 2 is 2.06 bits per heavy atom. The first-order valence-electron chi connectivity index (χ1n) is 4.85. The van der Waals surface area contributed by atoms with Gasteiger partial charge in [-0.05, 0) is 13.3 Å². The van der Waals surface area contributed by atoms with Gasteiger partial charge in [-0.3, -0.25) is 0 Å². The Morgan fingerprint density at radius 3 is 2.62 bits per heavy atom. The maximum absolute atomic E-state index is 6.00. The number of rotatable bonds is 2. The number of halogens is 2. The van der Waals surface area contributed by atoms with Crippen molar-refractivity contribution in [2.45, 2.75) is 20.3 Å². The van der Waals surface area contributed by atoms with E-state index in [1.54, 1.807) is 10.9 Å². The molecule has 2 aromatic heterocycles. The summed E-state index contributed by atoms with van der Waals surface area (Å²) in [4.78, 5) is 8.13. The summed E-state index contributed by atoms with van der Waals surface area (Å²) in [5, 5.41) is 5.33. The maximum atomic E-state index is 6.00. The number of hydrogen-bond donors (Lipinski definition) is 0. The molecule has 0 amide bonds. The van der Waals surface area contributed by atoms with E-state index in [1.165, 1.54) is 6.33 Å². The number of aromatic nitrogens is 4. The van der Waals surface area contributed by atoms with E-state index in [0.29, 0.717) is 16.0 Å². The average Bonchev–Trinajstić information content (AvgIpc) is 2.59. The standard InChI is InChI=1S/C10H10Cl2N4/c1-3-7-9(12)13-5-14-10(7)16-4-8(11)6(2)15-16/h4-5H,3H2,1-2H3. The molecule has 2 rings (SSSR count). The van der Waals surface area contributed by atoms with Crippen LogP contribution in [0, 0.1) is 6.92 Å². The van der Waals surface area contributed by atoms with Crippen molar-refractivity contribution < 1.29 is 0 Å². The first-order chi connectivity index (χ1) is 7.63. The van der Waals surface area contributed by atoms with Crippen LogP contribution in [0.4, 0.5) is 0 Å². The Morgan fingerprint density at radius 1 is 1.31 bits per heavy atom. The molecule has 0 fully saturated rings. The third kappa shape index (κ3) is 1.90. The van der Waals surface area contributed by atoms with Gasteiger partial charge in [-0.15, -0.1) is 0 Å². The molecule has 0 saturated heterocycles. The second-order valence-corrected chi connectivity index (χ2v) is 4.09. The van der Waals surface area contributed by atoms with Gasteiger partial charge >= 0.3 is 0 Å². The van der Waals surface area contributed by atoms with E-state index >= 15 is 0 Å². The van der Waals surface area contributed by atoms with Crippen molar-refractivity contribution in [1.82, 2.24) is 19.7 Å². The normalized spacial score (nSPS) is 10.8. The summed E-state index contributed by atoms with van der Waals surface area (Å²) >= 11 is 12.0. The molecule has 0 aliphatic heterocycles. The molecular weight excluding hydrogens is 247 g/mol. The zero-order valence-corrected chi connectivity index (χ0v) is 10.4. The molecule has 2 aromatic rings. The van der Waals surface area contributed by atoms with Crippen LogP contribution in [0.5, 0.6) is 0 Å². The lowest BCUT2D eigenvalue weighted by atomic mass is 10.2. The van der Waals surface area contributed by atoms with E-state index in [9.17, 15) is 0 Å². The summed E-state index contributed by atoms with van der Waals surface area (Å²) in [5.74, 6) is 0.678. The predicted molar refractivity (Wildman–Crippen MR) is 63.3 cm³/mol. The van der Waals surface area contributed by atoms with Gasteiger partial charge in [0, 0.05) is 5.56 Å². The predicted octanol–water partition coefficient (Wildman–Crippen LogP) is 2.84. The molecule has 2 heterocycles. The second kappa shape index (κ2) is 4.39. The molecule has 0 bridgehead atoms. The summed E-state index contributed by atoms with van der Waals surface area (Å²) in [7, 11) is 0. The van der Waals surface area contributed by atoms with Gasteiger partial charge in [-0.2, -0.15) is 5.10 Å². The zero-order valence-electron chi connectivity index (χ0n) is 8.91. The van der Waals surface area contributed by atoms with Crippen molar-refractivity contribution in [1.29, 1.82) is 0 Å². The molecule has 0 aromatic carbocycles. The van der Waals surface area contributed by atoms with Gasteiger partial charge in [-0.1, -0.05) is 30.1 Å². The minimum atomic E-state index is 0.455. The molecule has 84 valence electrons. The van der Waals surface area contributed by atoms with E-state index in [1.807, 2.05) is 13.8 Å². The summed E-state index contributed by atoms with van der Waals surface area (Å²) < 4.78 is 1.63. The third-order valence-electron chi connectivity index (χ3n) is 2.28. The van der Waals surface area contributed by atoms with Crippen molar-refractivity contribution in [3.63, 3.8) is 0 Å². The highest BCUT2D eigenvalue weighted by Gasteiger charge is 2.12. The molecule has 0 spiro atoms. The van der Waals surface area contributed by atoms with Crippen molar-refractivity contribution in [2.24, 2.45) is 0 Å². The summed E-state index contributed by atoms with van der Waals surface area (Å²) in [6, 6.07) is 0. The lowest BCUT2D eigenvalue weighted by Gasteiger charge is -2.06. The zero-order chi connectivity index (χ0) is 11.7. The fraction of sp³-hybridized carbons (Fsp3) is 0.300. The molecule has 0 saturated carbocycles. The molecule has 16 heavy (non-hydrogen) atoms. The lowest BCUT2D eigenvalue weighted by Crippen LogP contribution is -2.04. The molecule has 0 aliphatic carbocycles. The molecule has 0 N–H and O–H groups in total. The van der Waals surface area contributed by atoms with Crippen LogP contribution in [0.25, 0.3) is 5.82 Å². The number of aryl methyl sites for hydroxylation is 1. The Kier molecular flexibility index (Phi) is 3.12. The first-order valence-corrected chi connectivity index (χ1v) is 5.60. The third-order valence-corrected chi connectivity index (χ3v) is 2.98. The molecule has 0 unspecified atom stereocenters. The molecule has 4 nitrogen and oxygen atoms in total. The summed E-state index contributed by atoms with van der Waals surface area (Å²) in [6.07, 6.45) is 3.88. The van der Waals surface area contributed by atoms with Gasteiger partial charge < -0.3 is 0 Å². The topological polar surface area (TPSA) is 43.6 Å². The van der Waals surface area contributed by atoms with Crippen LogP contribution in [-0.4, -0.2) is 19.7 Å². The highest BCUT2D eigenvalue weighted by Crippen LogP contribution is 2.21. The largest absolute Gasteiger partial charge is 0.224 e. The van der Waals surface area contributed by atoms with Gasteiger partial charge in [-0.25, -0.2) is 14.6 Å². The van der Waals surface area contributed by atoms with Gasteiger partial charge in [0.1, 0.15) is 11.5 Å². The number of hydrogen-bond acceptors (Lipinski definition) is 3. The average molecular weight is 257 g/mol. The summed E-state index contributed by atoms with van der Waals surface area (Å²) in [6.45, 7) is 3.83. The Hall–Kier alpha value is -1.13. The highest BCUT2D eigenvalue weighted by atomic mass is 35.5. The fourth-order valence-electron chi connectivity index (χ4n) is 1.43. The van der Waals surface area contributed by atoms with Crippen LogP contribution in [0.2, 0.25) is 10.2 Å². The number of nitrogens with zero attached hydrogens (tertiary/aromatic N) is 4. The molecule has 6 heteroatoms. The minimum absolute atomic E-state index is 0.455. The highest BCUT2D eigenvalue weighted by molar-refractivity contribution is 6.31. The maximum Gasteiger partial charge on any atom is 0.161 e. The second-order valence-electron chi connectivity index (χ2n) is 3.33. The molecular formula is C10H10Cl2N4. The van der Waals surface area contributed by atoms with Gasteiger partial charge in [0.25, 0.3) is 0 Å². The minimum Gasteiger partial charge on any atom is -0.224 e. The van der Waals surface area contributed by atoms with E-state index in [4.69, 9.17) is 23.2 Å². The molecule has 0 aliphatic rings. The fourth-order valence-corrected chi connectivity index (χ4v) is 1.82. The quantitative estimate of drug-likeness (QED) is 0.777. The van der Waals surface area contributed by atoms with Crippen molar-refractivity contribution in [3.8, 4) is 5.82 Å². The Bertz CT molecular complexity index is 502. The van der Waals surface area contributed by atoms with Crippen molar-refractivity contribution in [2.75, 3.05) is 0 Å². The van der Waals surface area contributed by atoms with Gasteiger partial charge in [0.15, 0.2) is 5.82 Å². The van der Waals surface area contributed by atoms with Crippen molar-refractivity contribution >= 4 is 23.2 Å². The van der Waals surface area contributed by atoms with E-state index in [0.717, 1.165) is 17.7 Å². The van der Waals surface area contributed by atoms with Crippen LogP contribution >= 0.6 is 23.2 Å². The van der Waals surface area contributed by atoms with Crippen LogP contribution in [-0.2, 0) is 6.42 Å². The summed E-state index contributed by atoms with van der Waals surface area (Å²) in [5.41, 5.74) is 1.63. The lowest BCUT2D eigenvalue weighted by molar-refractivity contribution is 0.806.